The van der Waals surface area contributed by atoms with Crippen molar-refractivity contribution in [2.75, 3.05) is 0 Å². The third-order valence-corrected chi connectivity index (χ3v) is 2.94. The number of hydrogen-bond donors (Lipinski definition) is 0. The number of aromatic nitrogens is 2. The fourth-order valence-corrected chi connectivity index (χ4v) is 2.04. The van der Waals surface area contributed by atoms with E-state index in [2.05, 4.69) is 25.9 Å². The van der Waals surface area contributed by atoms with Gasteiger partial charge in [-0.1, -0.05) is 6.07 Å². The number of hydrogen-bond acceptors (Lipinski definition) is 3. The van der Waals surface area contributed by atoms with Crippen LogP contribution in [0.2, 0.25) is 0 Å². The molecule has 1 aromatic heterocycles. The van der Waals surface area contributed by atoms with Crippen LogP contribution in [0.1, 0.15) is 31.1 Å². The van der Waals surface area contributed by atoms with Crippen LogP contribution in [0.25, 0.3) is 10.9 Å². The van der Waals surface area contributed by atoms with Gasteiger partial charge >= 0.3 is 5.97 Å². The van der Waals surface area contributed by atoms with Gasteiger partial charge in [-0.25, -0.2) is 4.79 Å². The molecular weight excluding hydrogens is 331 g/mol. The summed E-state index contributed by atoms with van der Waals surface area (Å²) < 4.78 is 6.64. The normalized spacial score (nSPS) is 11.8. The zero-order chi connectivity index (χ0) is 12.6. The van der Waals surface area contributed by atoms with Crippen molar-refractivity contribution in [3.05, 3.63) is 30.0 Å². The molecule has 17 heavy (non-hydrogen) atoms. The molecule has 0 amide bonds. The zero-order valence-electron chi connectivity index (χ0n) is 9.90. The molecule has 0 aliphatic rings. The lowest BCUT2D eigenvalue weighted by Crippen LogP contribution is -2.22. The highest BCUT2D eigenvalue weighted by Gasteiger charge is 2.19. The molecule has 0 radical (unpaired) electrons. The van der Waals surface area contributed by atoms with E-state index in [0.717, 1.165) is 10.9 Å². The van der Waals surface area contributed by atoms with Crippen LogP contribution in [0.15, 0.2) is 24.4 Å². The van der Waals surface area contributed by atoms with Gasteiger partial charge in [-0.2, -0.15) is 5.10 Å². The van der Waals surface area contributed by atoms with Gasteiger partial charge in [-0.15, -0.1) is 0 Å². The van der Waals surface area contributed by atoms with E-state index < -0.39 is 0 Å². The second-order valence-corrected chi connectivity index (χ2v) is 5.27. The molecule has 1 aromatic carbocycles. The molecule has 0 aliphatic carbocycles. The van der Waals surface area contributed by atoms with Gasteiger partial charge < -0.3 is 3.07 Å². The van der Waals surface area contributed by atoms with Gasteiger partial charge in [0.15, 0.2) is 23.0 Å². The summed E-state index contributed by atoms with van der Waals surface area (Å²) in [5.74, 6) is -0.343. The molecule has 0 unspecified atom stereocenters. The standard InChI is InChI=1S/C12H13IN2O2/c1-12(2,3)15-10-6-4-5-8(11(16)17-13)9(10)7-14-15/h4-7H,1-3H3. The summed E-state index contributed by atoms with van der Waals surface area (Å²) >= 11 is 1.60. The van der Waals surface area contributed by atoms with Crippen LogP contribution < -0.4 is 0 Å². The number of nitrogens with zero attached hydrogens (tertiary/aromatic N) is 2. The van der Waals surface area contributed by atoms with Crippen molar-refractivity contribution in [2.24, 2.45) is 0 Å². The Labute approximate surface area is 114 Å². The Balaban J connectivity index is 2.69. The lowest BCUT2D eigenvalue weighted by Gasteiger charge is -2.20. The van der Waals surface area contributed by atoms with Gasteiger partial charge in [0, 0.05) is 5.39 Å². The van der Waals surface area contributed by atoms with Gasteiger partial charge in [-0.05, 0) is 32.9 Å². The Kier molecular flexibility index (Phi) is 3.11. The molecule has 0 spiro atoms. The average molecular weight is 344 g/mol. The van der Waals surface area contributed by atoms with E-state index >= 15 is 0 Å². The number of rotatable bonds is 1. The molecule has 0 atom stereocenters. The Morgan fingerprint density at radius 2 is 2.12 bits per heavy atom. The number of carbonyl (C=O) groups is 1. The topological polar surface area (TPSA) is 44.1 Å². The lowest BCUT2D eigenvalue weighted by atomic mass is 10.1. The predicted octanol–water partition coefficient (Wildman–Crippen LogP) is 3.30. The predicted molar refractivity (Wildman–Crippen MR) is 74.2 cm³/mol. The van der Waals surface area contributed by atoms with Crippen molar-refractivity contribution in [2.45, 2.75) is 26.3 Å². The number of fused-ring (bicyclic) bond motifs is 1. The third kappa shape index (κ3) is 2.15. The molecule has 0 saturated heterocycles. The summed E-state index contributed by atoms with van der Waals surface area (Å²) in [5, 5.41) is 5.17. The summed E-state index contributed by atoms with van der Waals surface area (Å²) in [7, 11) is 0. The van der Waals surface area contributed by atoms with Crippen LogP contribution in [0.5, 0.6) is 0 Å². The molecule has 90 valence electrons. The van der Waals surface area contributed by atoms with Crippen LogP contribution in [-0.2, 0) is 8.61 Å². The minimum Gasteiger partial charge on any atom is -0.391 e. The highest BCUT2D eigenvalue weighted by atomic mass is 127. The maximum atomic E-state index is 11.6. The first-order valence-electron chi connectivity index (χ1n) is 5.25. The number of benzene rings is 1. The molecule has 0 fully saturated rings. The van der Waals surface area contributed by atoms with Crippen molar-refractivity contribution >= 4 is 39.9 Å². The quantitative estimate of drug-likeness (QED) is 0.746. The van der Waals surface area contributed by atoms with E-state index in [1.165, 1.54) is 0 Å². The summed E-state index contributed by atoms with van der Waals surface area (Å²) in [6.07, 6.45) is 1.71. The molecular formula is C12H13IN2O2. The molecule has 1 heterocycles. The van der Waals surface area contributed by atoms with Crippen molar-refractivity contribution in [1.29, 1.82) is 0 Å². The van der Waals surface area contributed by atoms with E-state index in [0.29, 0.717) is 5.56 Å². The van der Waals surface area contributed by atoms with E-state index in [1.807, 2.05) is 16.8 Å². The van der Waals surface area contributed by atoms with Crippen molar-refractivity contribution < 1.29 is 7.86 Å². The van der Waals surface area contributed by atoms with E-state index in [4.69, 9.17) is 3.07 Å². The first-order valence-corrected chi connectivity index (χ1v) is 6.13. The summed E-state index contributed by atoms with van der Waals surface area (Å²) in [5.41, 5.74) is 1.37. The second kappa shape index (κ2) is 4.29. The second-order valence-electron chi connectivity index (χ2n) is 4.83. The van der Waals surface area contributed by atoms with Gasteiger partial charge in [0.05, 0.1) is 22.8 Å². The van der Waals surface area contributed by atoms with Crippen molar-refractivity contribution in [3.63, 3.8) is 0 Å². The van der Waals surface area contributed by atoms with Gasteiger partial charge in [0.1, 0.15) is 0 Å². The highest BCUT2D eigenvalue weighted by Crippen LogP contribution is 2.24. The van der Waals surface area contributed by atoms with E-state index in [-0.39, 0.29) is 11.5 Å². The van der Waals surface area contributed by atoms with Crippen molar-refractivity contribution in [1.82, 2.24) is 9.78 Å². The first-order chi connectivity index (χ1) is 7.95. The maximum absolute atomic E-state index is 11.6. The Hall–Kier alpha value is -1.11. The largest absolute Gasteiger partial charge is 0.391 e. The lowest BCUT2D eigenvalue weighted by molar-refractivity contribution is 0.0802. The van der Waals surface area contributed by atoms with Crippen LogP contribution >= 0.6 is 23.0 Å². The summed E-state index contributed by atoms with van der Waals surface area (Å²) in [4.78, 5) is 11.6. The third-order valence-electron chi connectivity index (χ3n) is 2.54. The molecule has 0 bridgehead atoms. The molecule has 0 aliphatic heterocycles. The molecule has 2 rings (SSSR count). The smallest absolute Gasteiger partial charge is 0.348 e. The molecule has 2 aromatic rings. The fraction of sp³-hybridized carbons (Fsp3) is 0.333. The highest BCUT2D eigenvalue weighted by molar-refractivity contribution is 14.1. The minimum atomic E-state index is -0.343. The van der Waals surface area contributed by atoms with E-state index in [1.54, 1.807) is 35.3 Å². The monoisotopic (exact) mass is 344 g/mol. The van der Waals surface area contributed by atoms with Crippen molar-refractivity contribution in [3.8, 4) is 0 Å². The molecule has 4 nitrogen and oxygen atoms in total. The summed E-state index contributed by atoms with van der Waals surface area (Å²) in [6, 6.07) is 5.55. The van der Waals surface area contributed by atoms with Crippen LogP contribution in [0, 0.1) is 0 Å². The summed E-state index contributed by atoms with van der Waals surface area (Å²) in [6.45, 7) is 6.22. The van der Waals surface area contributed by atoms with Gasteiger partial charge in [0.2, 0.25) is 0 Å². The SMILES string of the molecule is CC(C)(C)n1ncc2c(C(=O)OI)cccc21. The Bertz CT molecular complexity index is 569. The average Bonchev–Trinajstić information content (AvgIpc) is 2.70. The van der Waals surface area contributed by atoms with E-state index in [9.17, 15) is 4.79 Å². The first kappa shape index (κ1) is 12.3. The Morgan fingerprint density at radius 1 is 1.41 bits per heavy atom. The maximum Gasteiger partial charge on any atom is 0.348 e. The van der Waals surface area contributed by atoms with Crippen LogP contribution in [0.4, 0.5) is 0 Å². The van der Waals surface area contributed by atoms with Crippen LogP contribution in [0.3, 0.4) is 0 Å². The molecule has 0 saturated carbocycles. The fourth-order valence-electron chi connectivity index (χ4n) is 1.81. The molecule has 0 N–H and O–H groups in total. The minimum absolute atomic E-state index is 0.116. The van der Waals surface area contributed by atoms with Crippen LogP contribution in [-0.4, -0.2) is 15.7 Å². The number of halogens is 1. The Morgan fingerprint density at radius 3 is 2.71 bits per heavy atom. The van der Waals surface area contributed by atoms with Gasteiger partial charge in [-0.3, -0.25) is 4.68 Å². The van der Waals surface area contributed by atoms with Gasteiger partial charge in [0.25, 0.3) is 0 Å². The molecule has 5 heteroatoms. The zero-order valence-corrected chi connectivity index (χ0v) is 12.1. The number of carbonyl (C=O) groups excluding carboxylic acids is 1.